The summed E-state index contributed by atoms with van der Waals surface area (Å²) < 4.78 is 49.7. The van der Waals surface area contributed by atoms with E-state index in [9.17, 15) is 23.1 Å². The van der Waals surface area contributed by atoms with Gasteiger partial charge in [0, 0.05) is 24.4 Å². The van der Waals surface area contributed by atoms with Gasteiger partial charge >= 0.3 is 6.18 Å². The van der Waals surface area contributed by atoms with Gasteiger partial charge in [-0.05, 0) is 29.5 Å². The summed E-state index contributed by atoms with van der Waals surface area (Å²) in [6.07, 6.45) is -2.42. The van der Waals surface area contributed by atoms with E-state index in [-0.39, 0.29) is 16.1 Å². The number of hydrogen-bond acceptors (Lipinski definition) is 4. The molecule has 0 bridgehead atoms. The van der Waals surface area contributed by atoms with Gasteiger partial charge in [0.15, 0.2) is 5.60 Å². The topological polar surface area (TPSA) is 64.4 Å². The van der Waals surface area contributed by atoms with Crippen molar-refractivity contribution < 1.29 is 23.0 Å². The van der Waals surface area contributed by atoms with E-state index in [2.05, 4.69) is 4.98 Å². The van der Waals surface area contributed by atoms with Crippen molar-refractivity contribution in [1.29, 1.82) is 0 Å². The summed E-state index contributed by atoms with van der Waals surface area (Å²) in [7, 11) is 0. The monoisotopic (exact) mass is 466 g/mol. The Labute approximate surface area is 187 Å². The van der Waals surface area contributed by atoms with E-state index in [1.54, 1.807) is 26.0 Å². The molecule has 1 aliphatic heterocycles. The Kier molecular flexibility index (Phi) is 5.49. The molecular formula is C23H22ClF3N2O3. The average molecular weight is 467 g/mol. The van der Waals surface area contributed by atoms with E-state index >= 15 is 0 Å². The molecule has 5 nitrogen and oxygen atoms in total. The first-order valence-corrected chi connectivity index (χ1v) is 10.5. The number of ether oxygens (including phenoxy) is 1. The molecule has 9 heteroatoms. The third kappa shape index (κ3) is 3.86. The zero-order valence-corrected chi connectivity index (χ0v) is 18.3. The number of benzene rings is 1. The second-order valence-electron chi connectivity index (χ2n) is 8.79. The lowest BCUT2D eigenvalue weighted by atomic mass is 9.74. The number of hydrogen-bond donors (Lipinski definition) is 1. The summed E-state index contributed by atoms with van der Waals surface area (Å²) in [5.41, 5.74) is -3.11. The molecule has 4 rings (SSSR count). The highest BCUT2D eigenvalue weighted by molar-refractivity contribution is 6.30. The lowest BCUT2D eigenvalue weighted by Crippen LogP contribution is -2.52. The first-order valence-electron chi connectivity index (χ1n) is 10.1. The number of rotatable bonds is 5. The summed E-state index contributed by atoms with van der Waals surface area (Å²) in [5, 5.41) is 10.8. The van der Waals surface area contributed by atoms with Crippen LogP contribution >= 0.6 is 11.6 Å². The Morgan fingerprint density at radius 3 is 2.69 bits per heavy atom. The molecule has 1 aliphatic rings. The summed E-state index contributed by atoms with van der Waals surface area (Å²) >= 11 is 5.98. The van der Waals surface area contributed by atoms with Gasteiger partial charge < -0.3 is 14.4 Å². The maximum Gasteiger partial charge on any atom is 0.418 e. The first-order chi connectivity index (χ1) is 14.9. The van der Waals surface area contributed by atoms with Crippen molar-refractivity contribution in [3.05, 3.63) is 69.1 Å². The quantitative estimate of drug-likeness (QED) is 0.594. The molecule has 1 aromatic carbocycles. The van der Waals surface area contributed by atoms with E-state index in [1.807, 2.05) is 6.07 Å². The lowest BCUT2D eigenvalue weighted by Gasteiger charge is -2.39. The largest absolute Gasteiger partial charge is 0.493 e. The Bertz CT molecular complexity index is 1240. The molecule has 3 aromatic rings. The molecule has 0 saturated carbocycles. The molecule has 0 spiro atoms. The van der Waals surface area contributed by atoms with Gasteiger partial charge in [-0.2, -0.15) is 13.2 Å². The van der Waals surface area contributed by atoms with Gasteiger partial charge in [0.2, 0.25) is 5.43 Å². The number of alkyl halides is 3. The highest BCUT2D eigenvalue weighted by atomic mass is 35.5. The minimum Gasteiger partial charge on any atom is -0.493 e. The van der Waals surface area contributed by atoms with Crippen molar-refractivity contribution >= 4 is 22.6 Å². The number of aliphatic hydroxyl groups is 1. The number of fused-ring (bicyclic) bond motifs is 2. The maximum absolute atomic E-state index is 14.3. The molecule has 2 aromatic heterocycles. The SMILES string of the molecule is CC(C)(CC(O)(Cn1cc(Cl)c(=O)c2ncccc21)C(F)(F)F)c1cccc2c1OCC2. The molecule has 0 saturated heterocycles. The van der Waals surface area contributed by atoms with Gasteiger partial charge in [0.25, 0.3) is 0 Å². The molecule has 170 valence electrons. The van der Waals surface area contributed by atoms with Gasteiger partial charge in [-0.1, -0.05) is 43.6 Å². The highest BCUT2D eigenvalue weighted by Gasteiger charge is 2.56. The fourth-order valence-corrected chi connectivity index (χ4v) is 4.62. The minimum absolute atomic E-state index is 0.0573. The van der Waals surface area contributed by atoms with Crippen LogP contribution in [0.3, 0.4) is 0 Å². The molecule has 3 heterocycles. The van der Waals surface area contributed by atoms with Crippen molar-refractivity contribution in [1.82, 2.24) is 9.55 Å². The Morgan fingerprint density at radius 1 is 1.22 bits per heavy atom. The fourth-order valence-electron chi connectivity index (χ4n) is 4.41. The molecule has 0 amide bonds. The van der Waals surface area contributed by atoms with E-state index in [0.717, 1.165) is 16.3 Å². The second-order valence-corrected chi connectivity index (χ2v) is 9.19. The minimum atomic E-state index is -4.95. The van der Waals surface area contributed by atoms with Crippen LogP contribution in [0.15, 0.2) is 47.5 Å². The predicted molar refractivity (Wildman–Crippen MR) is 115 cm³/mol. The summed E-state index contributed by atoms with van der Waals surface area (Å²) in [6, 6.07) is 8.39. The van der Waals surface area contributed by atoms with E-state index in [4.69, 9.17) is 16.3 Å². The average Bonchev–Trinajstić information content (AvgIpc) is 3.19. The van der Waals surface area contributed by atoms with Crippen LogP contribution in [-0.4, -0.2) is 33.0 Å². The van der Waals surface area contributed by atoms with E-state index in [0.29, 0.717) is 24.3 Å². The van der Waals surface area contributed by atoms with Crippen LogP contribution in [-0.2, 0) is 18.4 Å². The van der Waals surface area contributed by atoms with Crippen LogP contribution < -0.4 is 10.2 Å². The number of pyridine rings is 2. The van der Waals surface area contributed by atoms with Gasteiger partial charge in [-0.25, -0.2) is 0 Å². The third-order valence-electron chi connectivity index (χ3n) is 5.93. The first kappa shape index (κ1) is 22.6. The van der Waals surface area contributed by atoms with Gasteiger partial charge in [-0.3, -0.25) is 9.78 Å². The zero-order chi connectivity index (χ0) is 23.3. The van der Waals surface area contributed by atoms with Crippen molar-refractivity contribution in [2.75, 3.05) is 6.61 Å². The second kappa shape index (κ2) is 7.78. The van der Waals surface area contributed by atoms with Crippen molar-refractivity contribution in [2.24, 2.45) is 0 Å². The van der Waals surface area contributed by atoms with Crippen molar-refractivity contribution in [3.8, 4) is 5.75 Å². The van der Waals surface area contributed by atoms with Crippen LogP contribution in [0.4, 0.5) is 13.2 Å². The smallest absolute Gasteiger partial charge is 0.418 e. The maximum atomic E-state index is 14.3. The van der Waals surface area contributed by atoms with Crippen LogP contribution in [0.5, 0.6) is 5.75 Å². The van der Waals surface area contributed by atoms with Gasteiger partial charge in [0.05, 0.1) is 18.7 Å². The standard InChI is InChI=1S/C23H22ClF3N2O3/c1-21(2,15-6-3-5-14-8-10-32-20(14)15)12-22(31,23(25,26)27)13-29-11-16(24)19(30)18-17(29)7-4-9-28-18/h3-7,9,11,31H,8,10,12-13H2,1-2H3. The molecule has 1 N–H and O–H groups in total. The van der Waals surface area contributed by atoms with Crippen LogP contribution in [0, 0.1) is 0 Å². The summed E-state index contributed by atoms with van der Waals surface area (Å²) in [4.78, 5) is 16.2. The normalized spacial score (nSPS) is 16.0. The Morgan fingerprint density at radius 2 is 1.97 bits per heavy atom. The Hall–Kier alpha value is -2.58. The van der Waals surface area contributed by atoms with Crippen LogP contribution in [0.25, 0.3) is 11.0 Å². The highest BCUT2D eigenvalue weighted by Crippen LogP contribution is 2.46. The number of aromatic nitrogens is 2. The molecule has 1 unspecified atom stereocenters. The van der Waals surface area contributed by atoms with Gasteiger partial charge in [0.1, 0.15) is 16.3 Å². The van der Waals surface area contributed by atoms with Crippen LogP contribution in [0.1, 0.15) is 31.4 Å². The van der Waals surface area contributed by atoms with E-state index in [1.165, 1.54) is 18.3 Å². The molecule has 0 fully saturated rings. The predicted octanol–water partition coefficient (Wildman–Crippen LogP) is 4.65. The zero-order valence-electron chi connectivity index (χ0n) is 17.5. The molecule has 0 radical (unpaired) electrons. The summed E-state index contributed by atoms with van der Waals surface area (Å²) in [5.74, 6) is 0.586. The molecule has 1 atom stereocenters. The number of para-hydroxylation sites is 1. The summed E-state index contributed by atoms with van der Waals surface area (Å²) in [6.45, 7) is 2.93. The fraction of sp³-hybridized carbons (Fsp3) is 0.391. The number of nitrogens with zero attached hydrogens (tertiary/aromatic N) is 2. The van der Waals surface area contributed by atoms with Crippen molar-refractivity contribution in [2.45, 2.75) is 50.4 Å². The lowest BCUT2D eigenvalue weighted by molar-refractivity contribution is -0.271. The Balaban J connectivity index is 1.78. The molecule has 32 heavy (non-hydrogen) atoms. The van der Waals surface area contributed by atoms with Crippen molar-refractivity contribution in [3.63, 3.8) is 0 Å². The van der Waals surface area contributed by atoms with Gasteiger partial charge in [-0.15, -0.1) is 0 Å². The van der Waals surface area contributed by atoms with E-state index < -0.39 is 35.6 Å². The molecule has 0 aliphatic carbocycles. The molecular weight excluding hydrogens is 445 g/mol. The number of halogens is 4. The third-order valence-corrected chi connectivity index (χ3v) is 6.20. The van der Waals surface area contributed by atoms with Crippen LogP contribution in [0.2, 0.25) is 5.02 Å².